The number of nitrogens with zero attached hydrogens (tertiary/aromatic N) is 4. The van der Waals surface area contributed by atoms with Crippen molar-refractivity contribution in [3.63, 3.8) is 0 Å². The van der Waals surface area contributed by atoms with Gasteiger partial charge in [-0.1, -0.05) is 12.1 Å². The van der Waals surface area contributed by atoms with Crippen LogP contribution < -0.4 is 18.3 Å². The summed E-state index contributed by atoms with van der Waals surface area (Å²) in [6.07, 6.45) is 11.7. The van der Waals surface area contributed by atoms with Crippen molar-refractivity contribution < 1.29 is 18.3 Å². The minimum Gasteiger partial charge on any atom is -0.600 e. The van der Waals surface area contributed by atoms with Gasteiger partial charge < -0.3 is 18.3 Å². The predicted molar refractivity (Wildman–Crippen MR) is 75.5 cm³/mol. The van der Waals surface area contributed by atoms with Crippen molar-refractivity contribution in [3.8, 4) is 11.5 Å². The quantitative estimate of drug-likeness (QED) is 0.632. The molecule has 106 valence electrons. The average Bonchev–Trinajstić information content (AvgIpc) is 3.16. The standard InChI is InChI=1S/C14H16BN4O2/c1-16-7-9-18(11-16)15(19-10-8-17(2)12-19)20-13-5-3-4-6-14(13)21-15/h3-12H,1-2H3/q+1. The molecule has 4 rings (SSSR count). The second-order valence-electron chi connectivity index (χ2n) is 5.37. The number of hydrogen-bond donors (Lipinski definition) is 0. The number of aromatic nitrogens is 4. The molecule has 0 saturated carbocycles. The second kappa shape index (κ2) is 4.15. The predicted octanol–water partition coefficient (Wildman–Crippen LogP) is 0.242. The number of para-hydroxylation sites is 2. The van der Waals surface area contributed by atoms with Gasteiger partial charge in [-0.15, -0.1) is 0 Å². The first-order chi connectivity index (χ1) is 10.2. The monoisotopic (exact) mass is 283 g/mol. The zero-order chi connectivity index (χ0) is 14.4. The van der Waals surface area contributed by atoms with Crippen molar-refractivity contribution >= 4 is 6.82 Å². The van der Waals surface area contributed by atoms with Crippen LogP contribution in [0, 0.1) is 0 Å². The largest absolute Gasteiger partial charge is 0.782 e. The molecule has 0 atom stereocenters. The van der Waals surface area contributed by atoms with E-state index in [1.165, 1.54) is 0 Å². The lowest BCUT2D eigenvalue weighted by Crippen LogP contribution is -2.86. The summed E-state index contributed by atoms with van der Waals surface area (Å²) in [7, 11) is 3.94. The molecule has 1 aromatic carbocycles. The molecular formula is C14H16BN4O2+. The molecule has 1 aliphatic rings. The Morgan fingerprint density at radius 1 is 0.857 bits per heavy atom. The van der Waals surface area contributed by atoms with Gasteiger partial charge in [0.1, 0.15) is 23.9 Å². The van der Waals surface area contributed by atoms with E-state index in [2.05, 4.69) is 0 Å². The van der Waals surface area contributed by atoms with Gasteiger partial charge in [0.15, 0.2) is 0 Å². The summed E-state index contributed by atoms with van der Waals surface area (Å²) in [4.78, 5) is 0. The highest BCUT2D eigenvalue weighted by molar-refractivity contribution is 6.51. The molecule has 0 unspecified atom stereocenters. The summed E-state index contributed by atoms with van der Waals surface area (Å²) in [6, 6.07) is 7.73. The maximum atomic E-state index is 6.23. The number of benzene rings is 1. The summed E-state index contributed by atoms with van der Waals surface area (Å²) in [5, 5.41) is 0. The van der Waals surface area contributed by atoms with Crippen LogP contribution in [0.15, 0.2) is 61.7 Å². The highest BCUT2D eigenvalue weighted by atomic mass is 16.7. The van der Waals surface area contributed by atoms with Crippen LogP contribution in [0.3, 0.4) is 0 Å². The molecule has 0 amide bonds. The fourth-order valence-corrected chi connectivity index (χ4v) is 2.72. The van der Waals surface area contributed by atoms with Gasteiger partial charge in [0.05, 0.1) is 26.5 Å². The Morgan fingerprint density at radius 2 is 1.33 bits per heavy atom. The van der Waals surface area contributed by atoms with Crippen molar-refractivity contribution in [3.05, 3.63) is 61.7 Å². The Labute approximate surface area is 122 Å². The molecule has 2 aromatic heterocycles. The minimum atomic E-state index is -1.88. The van der Waals surface area contributed by atoms with Crippen molar-refractivity contribution in [2.45, 2.75) is 0 Å². The smallest absolute Gasteiger partial charge is 0.600 e. The first kappa shape index (κ1) is 12.1. The molecule has 21 heavy (non-hydrogen) atoms. The number of rotatable bonds is 2. The zero-order valence-corrected chi connectivity index (χ0v) is 12.0. The van der Waals surface area contributed by atoms with E-state index in [1.54, 1.807) is 0 Å². The van der Waals surface area contributed by atoms with Gasteiger partial charge >= 0.3 is 6.82 Å². The summed E-state index contributed by atoms with van der Waals surface area (Å²) in [5.74, 6) is 1.51. The molecule has 6 nitrogen and oxygen atoms in total. The van der Waals surface area contributed by atoms with E-state index >= 15 is 0 Å². The summed E-state index contributed by atoms with van der Waals surface area (Å²) in [6.45, 7) is -1.88. The summed E-state index contributed by atoms with van der Waals surface area (Å²) in [5.41, 5.74) is 0. The average molecular weight is 283 g/mol. The van der Waals surface area contributed by atoms with E-state index in [4.69, 9.17) is 9.31 Å². The van der Waals surface area contributed by atoms with Gasteiger partial charge in [0.25, 0.3) is 0 Å². The van der Waals surface area contributed by atoms with E-state index in [1.807, 2.05) is 93.9 Å². The second-order valence-corrected chi connectivity index (χ2v) is 5.37. The van der Waals surface area contributed by atoms with Gasteiger partial charge in [0, 0.05) is 0 Å². The molecule has 0 aliphatic carbocycles. The number of fused-ring (bicyclic) bond motifs is 1. The molecule has 0 saturated heterocycles. The van der Waals surface area contributed by atoms with Crippen LogP contribution in [0.5, 0.6) is 11.5 Å². The fourth-order valence-electron chi connectivity index (χ4n) is 2.72. The van der Waals surface area contributed by atoms with Gasteiger partial charge in [0.2, 0.25) is 12.7 Å². The highest BCUT2D eigenvalue weighted by Gasteiger charge is 2.55. The van der Waals surface area contributed by atoms with E-state index in [-0.39, 0.29) is 0 Å². The third-order valence-electron chi connectivity index (χ3n) is 3.74. The van der Waals surface area contributed by atoms with E-state index in [0.29, 0.717) is 0 Å². The minimum absolute atomic E-state index is 0.755. The summed E-state index contributed by atoms with van der Waals surface area (Å²) >= 11 is 0. The van der Waals surface area contributed by atoms with Crippen LogP contribution in [0.25, 0.3) is 0 Å². The van der Waals surface area contributed by atoms with Crippen LogP contribution in [0.1, 0.15) is 0 Å². The van der Waals surface area contributed by atoms with E-state index in [0.717, 1.165) is 11.5 Å². The van der Waals surface area contributed by atoms with Gasteiger partial charge in [-0.2, -0.15) is 0 Å². The Bertz CT molecular complexity index is 743. The number of hydrogen-bond acceptors (Lipinski definition) is 2. The third kappa shape index (κ3) is 1.74. The normalized spacial score (nSPS) is 15.3. The lowest BCUT2D eigenvalue weighted by Gasteiger charge is -2.25. The topological polar surface area (TPSA) is 36.1 Å². The molecule has 3 aromatic rings. The van der Waals surface area contributed by atoms with Crippen molar-refractivity contribution in [1.29, 1.82) is 0 Å². The number of imidazole rings is 2. The van der Waals surface area contributed by atoms with Crippen molar-refractivity contribution in [2.75, 3.05) is 0 Å². The molecule has 0 N–H and O–H groups in total. The Kier molecular flexibility index (Phi) is 2.39. The first-order valence-corrected chi connectivity index (χ1v) is 6.85. The molecular weight excluding hydrogens is 267 g/mol. The maximum absolute atomic E-state index is 6.23. The molecule has 0 spiro atoms. The van der Waals surface area contributed by atoms with Crippen LogP contribution in [0.4, 0.5) is 0 Å². The molecule has 0 radical (unpaired) electrons. The van der Waals surface area contributed by atoms with Crippen LogP contribution in [0.2, 0.25) is 0 Å². The van der Waals surface area contributed by atoms with Gasteiger partial charge in [-0.3, -0.25) is 0 Å². The molecule has 7 heteroatoms. The fraction of sp³-hybridized carbons (Fsp3) is 0.143. The maximum Gasteiger partial charge on any atom is 0.782 e. The SMILES string of the molecule is Cn1cc[n+]([B-]2([n+]3ccn(C)c3)Oc3ccccc3O2)c1. The third-order valence-corrected chi connectivity index (χ3v) is 3.74. The lowest BCUT2D eigenvalue weighted by molar-refractivity contribution is -0.718. The Hall–Kier alpha value is -2.70. The molecule has 0 fully saturated rings. The Balaban J connectivity index is 1.89. The van der Waals surface area contributed by atoms with Gasteiger partial charge in [-0.25, -0.2) is 9.13 Å². The zero-order valence-electron chi connectivity index (χ0n) is 12.0. The molecule has 3 heterocycles. The summed E-state index contributed by atoms with van der Waals surface area (Å²) < 4.78 is 20.3. The van der Waals surface area contributed by atoms with Crippen molar-refractivity contribution in [2.24, 2.45) is 14.1 Å². The molecule has 0 bridgehead atoms. The van der Waals surface area contributed by atoms with Crippen LogP contribution in [-0.2, 0) is 14.1 Å². The van der Waals surface area contributed by atoms with Crippen molar-refractivity contribution in [1.82, 2.24) is 9.13 Å². The van der Waals surface area contributed by atoms with Gasteiger partial charge in [-0.05, 0) is 12.1 Å². The van der Waals surface area contributed by atoms with Crippen LogP contribution in [-0.4, -0.2) is 16.0 Å². The van der Waals surface area contributed by atoms with E-state index in [9.17, 15) is 0 Å². The highest BCUT2D eigenvalue weighted by Crippen LogP contribution is 2.34. The first-order valence-electron chi connectivity index (χ1n) is 6.85. The Morgan fingerprint density at radius 3 is 1.71 bits per heavy atom. The van der Waals surface area contributed by atoms with Crippen LogP contribution >= 0.6 is 0 Å². The lowest BCUT2D eigenvalue weighted by atomic mass is 9.88. The van der Waals surface area contributed by atoms with E-state index < -0.39 is 6.82 Å². The number of aryl methyl sites for hydroxylation is 2. The molecule has 1 aliphatic heterocycles.